The number of rotatable bonds is 5. The molecule has 29 heavy (non-hydrogen) atoms. The normalized spacial score (nSPS) is 14.7. The molecule has 1 saturated carbocycles. The van der Waals surface area contributed by atoms with Crippen molar-refractivity contribution in [1.82, 2.24) is 9.97 Å². The summed E-state index contributed by atoms with van der Waals surface area (Å²) >= 11 is 0. The van der Waals surface area contributed by atoms with Gasteiger partial charge in [0.15, 0.2) is 5.69 Å². The van der Waals surface area contributed by atoms with Gasteiger partial charge in [0.05, 0.1) is 12.8 Å². The van der Waals surface area contributed by atoms with Crippen LogP contribution in [0.25, 0.3) is 10.8 Å². The van der Waals surface area contributed by atoms with Gasteiger partial charge in [-0.05, 0) is 49.1 Å². The van der Waals surface area contributed by atoms with Crippen molar-refractivity contribution in [3.05, 3.63) is 54.2 Å². The van der Waals surface area contributed by atoms with Crippen LogP contribution in [-0.2, 0) is 0 Å². The summed E-state index contributed by atoms with van der Waals surface area (Å²) in [4.78, 5) is 20.3. The van der Waals surface area contributed by atoms with Gasteiger partial charge >= 0.3 is 0 Å². The Balaban J connectivity index is 1.55. The summed E-state index contributed by atoms with van der Waals surface area (Å²) in [5.74, 6) is -0.394. The van der Waals surface area contributed by atoms with E-state index in [2.05, 4.69) is 15.3 Å². The molecule has 7 heteroatoms. The molecule has 1 amide bonds. The van der Waals surface area contributed by atoms with Crippen molar-refractivity contribution in [1.29, 1.82) is 0 Å². The number of pyridine rings is 2. The summed E-state index contributed by atoms with van der Waals surface area (Å²) in [5, 5.41) is 13.3. The Bertz CT molecular complexity index is 1030. The summed E-state index contributed by atoms with van der Waals surface area (Å²) in [6, 6.07) is 7.75. The minimum atomic E-state index is -0.578. The first-order valence-corrected chi connectivity index (χ1v) is 9.78. The Labute approximate surface area is 167 Å². The van der Waals surface area contributed by atoms with Gasteiger partial charge in [-0.2, -0.15) is 0 Å². The number of carbonyl (C=O) groups excluding carboxylic acids is 1. The van der Waals surface area contributed by atoms with Gasteiger partial charge in [-0.15, -0.1) is 0 Å². The number of aromatic nitrogens is 2. The number of anilines is 1. The molecule has 2 N–H and O–H groups in total. The van der Waals surface area contributed by atoms with Crippen LogP contribution in [0.5, 0.6) is 11.6 Å². The zero-order valence-corrected chi connectivity index (χ0v) is 15.9. The van der Waals surface area contributed by atoms with Gasteiger partial charge in [0.25, 0.3) is 5.91 Å². The minimum absolute atomic E-state index is 0.0979. The zero-order valence-electron chi connectivity index (χ0n) is 15.9. The smallest absolute Gasteiger partial charge is 0.278 e. The Hall–Kier alpha value is -3.22. The average Bonchev–Trinajstić information content (AvgIpc) is 2.74. The van der Waals surface area contributed by atoms with E-state index >= 15 is 0 Å². The lowest BCUT2D eigenvalue weighted by atomic mass is 9.90. The first-order valence-electron chi connectivity index (χ1n) is 9.78. The predicted molar refractivity (Wildman–Crippen MR) is 108 cm³/mol. The number of ether oxygens (including phenoxy) is 1. The van der Waals surface area contributed by atoms with Crippen molar-refractivity contribution in [2.24, 2.45) is 5.92 Å². The van der Waals surface area contributed by atoms with Crippen LogP contribution in [-0.4, -0.2) is 27.6 Å². The van der Waals surface area contributed by atoms with Gasteiger partial charge in [0, 0.05) is 22.7 Å². The highest BCUT2D eigenvalue weighted by atomic mass is 19.1. The number of hydrogen-bond acceptors (Lipinski definition) is 5. The molecule has 0 saturated heterocycles. The Morgan fingerprint density at radius 1 is 1.17 bits per heavy atom. The van der Waals surface area contributed by atoms with Crippen LogP contribution < -0.4 is 10.1 Å². The predicted octanol–water partition coefficient (Wildman–Crippen LogP) is 4.69. The van der Waals surface area contributed by atoms with Crippen LogP contribution in [0.4, 0.5) is 10.1 Å². The number of nitrogens with one attached hydrogen (secondary N) is 1. The monoisotopic (exact) mass is 395 g/mol. The quantitative estimate of drug-likeness (QED) is 0.655. The summed E-state index contributed by atoms with van der Waals surface area (Å²) < 4.78 is 20.3. The molecular formula is C22H22FN3O3. The molecule has 1 aliphatic rings. The maximum atomic E-state index is 14.4. The number of amides is 1. The lowest BCUT2D eigenvalue weighted by Crippen LogP contribution is -2.16. The maximum Gasteiger partial charge on any atom is 0.278 e. The second kappa shape index (κ2) is 8.43. The van der Waals surface area contributed by atoms with Crippen LogP contribution in [0.3, 0.4) is 0 Å². The van der Waals surface area contributed by atoms with E-state index in [4.69, 9.17) is 4.74 Å². The van der Waals surface area contributed by atoms with Gasteiger partial charge in [-0.1, -0.05) is 19.3 Å². The van der Waals surface area contributed by atoms with Gasteiger partial charge in [-0.25, -0.2) is 14.4 Å². The van der Waals surface area contributed by atoms with Gasteiger partial charge in [0.2, 0.25) is 5.88 Å². The van der Waals surface area contributed by atoms with E-state index in [1.165, 1.54) is 43.7 Å². The first kappa shape index (κ1) is 19.1. The molecule has 4 rings (SSSR count). The number of hydrogen-bond donors (Lipinski definition) is 2. The molecule has 0 aliphatic heterocycles. The molecular weight excluding hydrogens is 373 g/mol. The SMILES string of the molecule is O=C(Nc1ccc2c(OCC3CCCCC3)ncc(F)c2c1)c1ncccc1O. The number of carbonyl (C=O) groups is 1. The zero-order chi connectivity index (χ0) is 20.2. The van der Waals surface area contributed by atoms with Crippen LogP contribution in [0.15, 0.2) is 42.7 Å². The maximum absolute atomic E-state index is 14.4. The van der Waals surface area contributed by atoms with Crippen molar-refractivity contribution >= 4 is 22.4 Å². The molecule has 1 aliphatic carbocycles. The number of halogens is 1. The molecule has 1 aromatic carbocycles. The van der Waals surface area contributed by atoms with Crippen LogP contribution in [0.1, 0.15) is 42.6 Å². The summed E-state index contributed by atoms with van der Waals surface area (Å²) in [7, 11) is 0. The van der Waals surface area contributed by atoms with Gasteiger partial charge in [-0.3, -0.25) is 4.79 Å². The highest BCUT2D eigenvalue weighted by Crippen LogP contribution is 2.30. The average molecular weight is 395 g/mol. The fourth-order valence-corrected chi connectivity index (χ4v) is 3.69. The van der Waals surface area contributed by atoms with E-state index in [0.717, 1.165) is 19.0 Å². The number of fused-ring (bicyclic) bond motifs is 1. The van der Waals surface area contributed by atoms with Crippen molar-refractivity contribution in [3.8, 4) is 11.6 Å². The lowest BCUT2D eigenvalue weighted by molar-refractivity contribution is 0.101. The molecule has 2 aromatic heterocycles. The number of nitrogens with zero attached hydrogens (tertiary/aromatic N) is 2. The lowest BCUT2D eigenvalue weighted by Gasteiger charge is -2.21. The Morgan fingerprint density at radius 3 is 2.79 bits per heavy atom. The third-order valence-corrected chi connectivity index (χ3v) is 5.24. The topological polar surface area (TPSA) is 84.3 Å². The fourth-order valence-electron chi connectivity index (χ4n) is 3.69. The van der Waals surface area contributed by atoms with Crippen molar-refractivity contribution in [3.63, 3.8) is 0 Å². The molecule has 6 nitrogen and oxygen atoms in total. The van der Waals surface area contributed by atoms with Crippen molar-refractivity contribution in [2.75, 3.05) is 11.9 Å². The third-order valence-electron chi connectivity index (χ3n) is 5.24. The molecule has 0 atom stereocenters. The van der Waals surface area contributed by atoms with Crippen LogP contribution in [0.2, 0.25) is 0 Å². The van der Waals surface area contributed by atoms with E-state index < -0.39 is 11.7 Å². The second-order valence-corrected chi connectivity index (χ2v) is 7.31. The van der Waals surface area contributed by atoms with E-state index in [1.54, 1.807) is 12.1 Å². The summed E-state index contributed by atoms with van der Waals surface area (Å²) in [5.41, 5.74) is 0.287. The molecule has 2 heterocycles. The minimum Gasteiger partial charge on any atom is -0.505 e. The molecule has 0 spiro atoms. The highest BCUT2D eigenvalue weighted by molar-refractivity contribution is 6.05. The van der Waals surface area contributed by atoms with Gasteiger partial charge in [0.1, 0.15) is 11.6 Å². The van der Waals surface area contributed by atoms with E-state index in [-0.39, 0.29) is 11.4 Å². The van der Waals surface area contributed by atoms with E-state index in [9.17, 15) is 14.3 Å². The first-order chi connectivity index (χ1) is 14.1. The van der Waals surface area contributed by atoms with Crippen LogP contribution >= 0.6 is 0 Å². The summed E-state index contributed by atoms with van der Waals surface area (Å²) in [6.07, 6.45) is 8.57. The largest absolute Gasteiger partial charge is 0.505 e. The van der Waals surface area contributed by atoms with Gasteiger partial charge < -0.3 is 15.2 Å². The molecule has 1 fully saturated rings. The van der Waals surface area contributed by atoms with E-state index in [1.807, 2.05) is 0 Å². The molecule has 0 unspecified atom stereocenters. The molecule has 0 radical (unpaired) electrons. The molecule has 0 bridgehead atoms. The number of aromatic hydroxyl groups is 1. The Morgan fingerprint density at radius 2 is 2.00 bits per heavy atom. The number of benzene rings is 1. The van der Waals surface area contributed by atoms with Crippen LogP contribution in [0, 0.1) is 11.7 Å². The second-order valence-electron chi connectivity index (χ2n) is 7.31. The molecule has 3 aromatic rings. The highest BCUT2D eigenvalue weighted by Gasteiger charge is 2.17. The van der Waals surface area contributed by atoms with Crippen molar-refractivity contribution < 1.29 is 19.0 Å². The fraction of sp³-hybridized carbons (Fsp3) is 0.318. The van der Waals surface area contributed by atoms with E-state index in [0.29, 0.717) is 34.9 Å². The third kappa shape index (κ3) is 4.29. The standard InChI is InChI=1S/C22H22FN3O3/c23-18-12-25-22(29-13-14-5-2-1-3-6-14)16-9-8-15(11-17(16)18)26-21(28)20-19(27)7-4-10-24-20/h4,7-12,14,27H,1-3,5-6,13H2,(H,26,28). The Kier molecular flexibility index (Phi) is 5.55. The summed E-state index contributed by atoms with van der Waals surface area (Å²) in [6.45, 7) is 0.575. The van der Waals surface area contributed by atoms with Crippen molar-refractivity contribution in [2.45, 2.75) is 32.1 Å². The molecule has 150 valence electrons.